The molecule has 0 radical (unpaired) electrons. The highest BCUT2D eigenvalue weighted by Crippen LogP contribution is 2.34. The van der Waals surface area contributed by atoms with E-state index in [2.05, 4.69) is 10.3 Å². The fourth-order valence-electron chi connectivity index (χ4n) is 3.55. The van der Waals surface area contributed by atoms with Crippen molar-refractivity contribution in [2.45, 2.75) is 46.2 Å². The van der Waals surface area contributed by atoms with Gasteiger partial charge in [-0.1, -0.05) is 6.92 Å². The van der Waals surface area contributed by atoms with Crippen molar-refractivity contribution in [3.05, 3.63) is 54.4 Å². The van der Waals surface area contributed by atoms with Gasteiger partial charge < -0.3 is 29.2 Å². The third-order valence-corrected chi connectivity index (χ3v) is 5.53. The zero-order valence-electron chi connectivity index (χ0n) is 21.3. The maximum Gasteiger partial charge on any atom is 0.407 e. The molecule has 1 heterocycles. The van der Waals surface area contributed by atoms with Gasteiger partial charge in [0, 0.05) is 23.1 Å². The number of carboxylic acid groups (broad SMARTS) is 1. The molecule has 0 saturated heterocycles. The van der Waals surface area contributed by atoms with Crippen LogP contribution < -0.4 is 14.8 Å². The lowest BCUT2D eigenvalue weighted by molar-refractivity contribution is -0.121. The number of ether oxygens (including phenoxy) is 2. The number of carbonyl (C=O) groups excluding carboxylic acids is 1. The minimum Gasteiger partial charge on any atom is -0.497 e. The Hall–Kier alpha value is -4.01. The molecule has 0 aliphatic carbocycles. The Bertz CT molecular complexity index is 1160. The van der Waals surface area contributed by atoms with Gasteiger partial charge in [-0.25, -0.2) is 9.78 Å². The first-order valence-corrected chi connectivity index (χ1v) is 11.8. The highest BCUT2D eigenvalue weighted by molar-refractivity contribution is 5.78. The molecule has 0 aliphatic heterocycles. The van der Waals surface area contributed by atoms with Gasteiger partial charge in [-0.2, -0.15) is 0 Å². The maximum atomic E-state index is 11.7. The molecule has 9 nitrogen and oxygen atoms in total. The average Bonchev–Trinajstić information content (AvgIpc) is 3.28. The number of nitrogens with one attached hydrogen (secondary N) is 1. The summed E-state index contributed by atoms with van der Waals surface area (Å²) in [6.45, 7) is 7.97. The van der Waals surface area contributed by atoms with E-state index in [1.54, 1.807) is 26.2 Å². The van der Waals surface area contributed by atoms with Gasteiger partial charge in [-0.3, -0.25) is 4.79 Å². The SMILES string of the molecule is CCC(=O)NCc1nc(-c2ccc(OC)cc2)c(-c2ccc(OCCN(C(=O)O)C(C)(C)C)cc2)o1. The molecule has 0 aliphatic rings. The molecular weight excluding hydrogens is 462 g/mol. The first kappa shape index (κ1) is 26.6. The second-order valence-corrected chi connectivity index (χ2v) is 9.12. The number of carbonyl (C=O) groups is 2. The zero-order valence-corrected chi connectivity index (χ0v) is 21.3. The van der Waals surface area contributed by atoms with E-state index in [0.29, 0.717) is 29.5 Å². The lowest BCUT2D eigenvalue weighted by atomic mass is 10.1. The van der Waals surface area contributed by atoms with Crippen LogP contribution >= 0.6 is 0 Å². The van der Waals surface area contributed by atoms with Gasteiger partial charge >= 0.3 is 6.09 Å². The van der Waals surface area contributed by atoms with Gasteiger partial charge in [-0.15, -0.1) is 0 Å². The van der Waals surface area contributed by atoms with Crippen LogP contribution in [-0.4, -0.2) is 52.8 Å². The van der Waals surface area contributed by atoms with Crippen LogP contribution in [0.25, 0.3) is 22.6 Å². The summed E-state index contributed by atoms with van der Waals surface area (Å²) in [6, 6.07) is 14.8. The molecule has 0 spiro atoms. The summed E-state index contributed by atoms with van der Waals surface area (Å²) in [5.41, 5.74) is 1.76. The Balaban J connectivity index is 1.80. The van der Waals surface area contributed by atoms with Crippen molar-refractivity contribution in [1.82, 2.24) is 15.2 Å². The van der Waals surface area contributed by atoms with E-state index in [1.807, 2.05) is 57.2 Å². The van der Waals surface area contributed by atoms with Crippen LogP contribution in [0.15, 0.2) is 52.9 Å². The summed E-state index contributed by atoms with van der Waals surface area (Å²) >= 11 is 0. The van der Waals surface area contributed by atoms with Gasteiger partial charge in [0.2, 0.25) is 11.8 Å². The van der Waals surface area contributed by atoms with Crippen LogP contribution in [0.4, 0.5) is 4.79 Å². The second-order valence-electron chi connectivity index (χ2n) is 9.12. The topological polar surface area (TPSA) is 114 Å². The smallest absolute Gasteiger partial charge is 0.407 e. The number of nitrogens with zero attached hydrogens (tertiary/aromatic N) is 2. The third-order valence-electron chi connectivity index (χ3n) is 5.53. The molecular formula is C27H33N3O6. The quantitative estimate of drug-likeness (QED) is 0.397. The van der Waals surface area contributed by atoms with Crippen LogP contribution in [0.2, 0.25) is 0 Å². The maximum absolute atomic E-state index is 11.7. The summed E-state index contributed by atoms with van der Waals surface area (Å²) in [5.74, 6) is 2.22. The monoisotopic (exact) mass is 495 g/mol. The first-order chi connectivity index (χ1) is 17.1. The number of amides is 2. The number of benzene rings is 2. The molecule has 3 aromatic rings. The molecule has 0 saturated carbocycles. The summed E-state index contributed by atoms with van der Waals surface area (Å²) in [5, 5.41) is 12.2. The van der Waals surface area contributed by atoms with E-state index in [-0.39, 0.29) is 25.6 Å². The zero-order chi connectivity index (χ0) is 26.3. The number of hydrogen-bond acceptors (Lipinski definition) is 6. The van der Waals surface area contributed by atoms with Crippen molar-refractivity contribution < 1.29 is 28.6 Å². The Kier molecular flexibility index (Phi) is 8.58. The second kappa shape index (κ2) is 11.6. The Morgan fingerprint density at radius 2 is 1.64 bits per heavy atom. The number of oxazole rings is 1. The fourth-order valence-corrected chi connectivity index (χ4v) is 3.55. The molecule has 0 bridgehead atoms. The van der Waals surface area contributed by atoms with Crippen molar-refractivity contribution >= 4 is 12.0 Å². The van der Waals surface area contributed by atoms with Crippen molar-refractivity contribution in [3.8, 4) is 34.1 Å². The summed E-state index contributed by atoms with van der Waals surface area (Å²) in [7, 11) is 1.61. The molecule has 1 aromatic heterocycles. The van der Waals surface area contributed by atoms with Crippen LogP contribution in [0.3, 0.4) is 0 Å². The third kappa shape index (κ3) is 6.78. The molecule has 36 heavy (non-hydrogen) atoms. The van der Waals surface area contributed by atoms with Gasteiger partial charge in [0.25, 0.3) is 0 Å². The van der Waals surface area contributed by atoms with Crippen LogP contribution in [-0.2, 0) is 11.3 Å². The first-order valence-electron chi connectivity index (χ1n) is 11.8. The number of aromatic nitrogens is 1. The summed E-state index contributed by atoms with van der Waals surface area (Å²) < 4.78 is 17.1. The Morgan fingerprint density at radius 1 is 1.03 bits per heavy atom. The van der Waals surface area contributed by atoms with Gasteiger partial charge in [-0.05, 0) is 69.3 Å². The number of methoxy groups -OCH3 is 1. The Labute approximate surface area is 211 Å². The predicted molar refractivity (Wildman–Crippen MR) is 136 cm³/mol. The molecule has 0 atom stereocenters. The lowest BCUT2D eigenvalue weighted by Gasteiger charge is -2.32. The predicted octanol–water partition coefficient (Wildman–Crippen LogP) is 5.20. The fraction of sp³-hybridized carbons (Fsp3) is 0.370. The van der Waals surface area contributed by atoms with Crippen LogP contribution in [0.1, 0.15) is 40.0 Å². The van der Waals surface area contributed by atoms with Crippen molar-refractivity contribution in [1.29, 1.82) is 0 Å². The van der Waals surface area contributed by atoms with E-state index in [1.165, 1.54) is 4.90 Å². The van der Waals surface area contributed by atoms with Crippen molar-refractivity contribution in [2.75, 3.05) is 20.3 Å². The van der Waals surface area contributed by atoms with E-state index in [9.17, 15) is 14.7 Å². The molecule has 192 valence electrons. The molecule has 2 N–H and O–H groups in total. The number of rotatable bonds is 10. The molecule has 0 unspecified atom stereocenters. The van der Waals surface area contributed by atoms with E-state index in [4.69, 9.17) is 13.9 Å². The van der Waals surface area contributed by atoms with Gasteiger partial charge in [0.05, 0.1) is 20.2 Å². The van der Waals surface area contributed by atoms with E-state index < -0.39 is 11.6 Å². The minimum atomic E-state index is -0.983. The molecule has 3 rings (SSSR count). The molecule has 0 fully saturated rings. The highest BCUT2D eigenvalue weighted by atomic mass is 16.5. The standard InChI is InChI=1S/C27H33N3O6/c1-6-22(31)28-17-23-29-24(18-7-11-20(34-5)12-8-18)25(36-23)19-9-13-21(14-10-19)35-16-15-30(26(32)33)27(2,3)4/h7-14H,6,15-17H2,1-5H3,(H,28,31)(H,32,33). The van der Waals surface area contributed by atoms with Crippen molar-refractivity contribution in [2.24, 2.45) is 0 Å². The van der Waals surface area contributed by atoms with Gasteiger partial charge in [0.15, 0.2) is 5.76 Å². The normalized spacial score (nSPS) is 11.1. The van der Waals surface area contributed by atoms with Crippen LogP contribution in [0, 0.1) is 0 Å². The molecule has 2 amide bonds. The van der Waals surface area contributed by atoms with E-state index >= 15 is 0 Å². The van der Waals surface area contributed by atoms with Crippen molar-refractivity contribution in [3.63, 3.8) is 0 Å². The summed E-state index contributed by atoms with van der Waals surface area (Å²) in [6.07, 6.45) is -0.607. The summed E-state index contributed by atoms with van der Waals surface area (Å²) in [4.78, 5) is 29.2. The average molecular weight is 496 g/mol. The minimum absolute atomic E-state index is 0.0878. The number of hydrogen-bond donors (Lipinski definition) is 2. The van der Waals surface area contributed by atoms with Gasteiger partial charge in [0.1, 0.15) is 23.8 Å². The largest absolute Gasteiger partial charge is 0.497 e. The lowest BCUT2D eigenvalue weighted by Crippen LogP contribution is -2.46. The molecule has 2 aromatic carbocycles. The Morgan fingerprint density at radius 3 is 2.19 bits per heavy atom. The highest BCUT2D eigenvalue weighted by Gasteiger charge is 2.25. The molecule has 9 heteroatoms. The van der Waals surface area contributed by atoms with E-state index in [0.717, 1.165) is 16.9 Å². The van der Waals surface area contributed by atoms with Crippen LogP contribution in [0.5, 0.6) is 11.5 Å².